The Balaban J connectivity index is 2.51. The Bertz CT molecular complexity index is 374. The van der Waals surface area contributed by atoms with Gasteiger partial charge in [0.1, 0.15) is 5.75 Å². The molecule has 0 heterocycles. The predicted octanol–water partition coefficient (Wildman–Crippen LogP) is 3.36. The van der Waals surface area contributed by atoms with Crippen molar-refractivity contribution < 1.29 is 14.3 Å². The second kappa shape index (κ2) is 7.75. The molecule has 0 N–H and O–H groups in total. The van der Waals surface area contributed by atoms with Gasteiger partial charge in [0.25, 0.3) is 0 Å². The number of carbonyl (C=O) groups is 1. The van der Waals surface area contributed by atoms with Gasteiger partial charge in [0.05, 0.1) is 12.7 Å². The molecule has 0 fully saturated rings. The lowest BCUT2D eigenvalue weighted by molar-refractivity contribution is -0.143. The fourth-order valence-corrected chi connectivity index (χ4v) is 1.57. The van der Waals surface area contributed by atoms with Gasteiger partial charge in [-0.05, 0) is 44.4 Å². The van der Waals surface area contributed by atoms with Gasteiger partial charge in [-0.15, -0.1) is 0 Å². The first kappa shape index (κ1) is 14.6. The van der Waals surface area contributed by atoms with Crippen LogP contribution in [0, 0.1) is 0 Å². The van der Waals surface area contributed by atoms with E-state index in [4.69, 9.17) is 9.47 Å². The zero-order valence-electron chi connectivity index (χ0n) is 11.4. The normalized spacial score (nSPS) is 11.9. The fraction of sp³-hybridized carbons (Fsp3) is 0.533. The maximum Gasteiger partial charge on any atom is 0.306 e. The third-order valence-electron chi connectivity index (χ3n) is 2.73. The number of esters is 1. The average molecular weight is 250 g/mol. The highest BCUT2D eigenvalue weighted by molar-refractivity contribution is 5.69. The van der Waals surface area contributed by atoms with Crippen molar-refractivity contribution in [3.05, 3.63) is 29.8 Å². The van der Waals surface area contributed by atoms with Gasteiger partial charge in [-0.3, -0.25) is 4.79 Å². The van der Waals surface area contributed by atoms with Crippen LogP contribution >= 0.6 is 0 Å². The molecule has 3 heteroatoms. The minimum atomic E-state index is -0.147. The van der Waals surface area contributed by atoms with Crippen LogP contribution in [-0.4, -0.2) is 18.7 Å². The van der Waals surface area contributed by atoms with Crippen molar-refractivity contribution in [3.8, 4) is 5.75 Å². The lowest BCUT2D eigenvalue weighted by Crippen LogP contribution is -2.10. The van der Waals surface area contributed by atoms with Crippen molar-refractivity contribution in [3.63, 3.8) is 0 Å². The second-order valence-electron chi connectivity index (χ2n) is 4.29. The zero-order chi connectivity index (χ0) is 13.4. The van der Waals surface area contributed by atoms with Crippen LogP contribution in [-0.2, 0) is 16.0 Å². The molecule has 1 rings (SSSR count). The van der Waals surface area contributed by atoms with Crippen LogP contribution in [0.4, 0.5) is 0 Å². The molecular formula is C15H22O3. The van der Waals surface area contributed by atoms with Gasteiger partial charge >= 0.3 is 5.97 Å². The molecule has 0 aliphatic rings. The Morgan fingerprint density at radius 2 is 2.11 bits per heavy atom. The fourth-order valence-electron chi connectivity index (χ4n) is 1.57. The molecule has 1 aromatic rings. The number of rotatable bonds is 7. The van der Waals surface area contributed by atoms with E-state index < -0.39 is 0 Å². The summed E-state index contributed by atoms with van der Waals surface area (Å²) in [6.07, 6.45) is 2.30. The van der Waals surface area contributed by atoms with Gasteiger partial charge in [0.15, 0.2) is 0 Å². The van der Waals surface area contributed by atoms with E-state index in [2.05, 4.69) is 6.92 Å². The maximum atomic E-state index is 11.3. The summed E-state index contributed by atoms with van der Waals surface area (Å²) >= 11 is 0. The molecule has 0 bridgehead atoms. The summed E-state index contributed by atoms with van der Waals surface area (Å²) in [4.78, 5) is 11.3. The largest absolute Gasteiger partial charge is 0.491 e. The third-order valence-corrected chi connectivity index (χ3v) is 2.73. The van der Waals surface area contributed by atoms with Gasteiger partial charge in [-0.25, -0.2) is 0 Å². The van der Waals surface area contributed by atoms with Crippen LogP contribution in [0.5, 0.6) is 5.75 Å². The molecule has 0 saturated heterocycles. The zero-order valence-corrected chi connectivity index (χ0v) is 11.4. The highest BCUT2D eigenvalue weighted by Gasteiger charge is 2.05. The molecular weight excluding hydrogens is 228 g/mol. The lowest BCUT2D eigenvalue weighted by atomic mass is 10.1. The number of hydrogen-bond acceptors (Lipinski definition) is 3. The standard InChI is InChI=1S/C15H22O3/c1-4-12(3)18-14-8-6-7-13(11-14)9-10-15(16)17-5-2/h6-8,11-12H,4-5,9-10H2,1-3H3. The van der Waals surface area contributed by atoms with E-state index >= 15 is 0 Å². The van der Waals surface area contributed by atoms with Gasteiger partial charge in [-0.1, -0.05) is 19.1 Å². The van der Waals surface area contributed by atoms with Crippen LogP contribution in [0.25, 0.3) is 0 Å². The molecule has 0 amide bonds. The smallest absolute Gasteiger partial charge is 0.306 e. The summed E-state index contributed by atoms with van der Waals surface area (Å²) in [5.41, 5.74) is 1.10. The summed E-state index contributed by atoms with van der Waals surface area (Å²) in [7, 11) is 0. The summed E-state index contributed by atoms with van der Waals surface area (Å²) in [6.45, 7) is 6.40. The summed E-state index contributed by atoms with van der Waals surface area (Å²) in [5, 5.41) is 0. The predicted molar refractivity (Wildman–Crippen MR) is 71.8 cm³/mol. The molecule has 0 saturated carbocycles. The minimum absolute atomic E-state index is 0.147. The Labute approximate surface area is 109 Å². The molecule has 0 aromatic heterocycles. The molecule has 3 nitrogen and oxygen atoms in total. The van der Waals surface area contributed by atoms with E-state index in [0.717, 1.165) is 17.7 Å². The summed E-state index contributed by atoms with van der Waals surface area (Å²) < 4.78 is 10.6. The first-order valence-corrected chi connectivity index (χ1v) is 6.57. The molecule has 0 radical (unpaired) electrons. The van der Waals surface area contributed by atoms with Crippen molar-refractivity contribution in [2.75, 3.05) is 6.61 Å². The van der Waals surface area contributed by atoms with E-state index in [0.29, 0.717) is 19.4 Å². The van der Waals surface area contributed by atoms with Crippen LogP contribution in [0.1, 0.15) is 39.2 Å². The number of ether oxygens (including phenoxy) is 2. The molecule has 0 spiro atoms. The van der Waals surface area contributed by atoms with Gasteiger partial charge in [0.2, 0.25) is 0 Å². The Morgan fingerprint density at radius 1 is 1.33 bits per heavy atom. The van der Waals surface area contributed by atoms with Crippen LogP contribution in [0.2, 0.25) is 0 Å². The quantitative estimate of drug-likeness (QED) is 0.696. The Morgan fingerprint density at radius 3 is 2.78 bits per heavy atom. The lowest BCUT2D eigenvalue weighted by Gasteiger charge is -2.13. The Kier molecular flexibility index (Phi) is 6.26. The highest BCUT2D eigenvalue weighted by atomic mass is 16.5. The molecule has 1 atom stereocenters. The van der Waals surface area contributed by atoms with Crippen molar-refractivity contribution in [2.45, 2.75) is 46.1 Å². The molecule has 18 heavy (non-hydrogen) atoms. The monoisotopic (exact) mass is 250 g/mol. The number of aryl methyl sites for hydroxylation is 1. The average Bonchev–Trinajstić information content (AvgIpc) is 2.37. The third kappa shape index (κ3) is 5.21. The van der Waals surface area contributed by atoms with Gasteiger partial charge in [-0.2, -0.15) is 0 Å². The minimum Gasteiger partial charge on any atom is -0.491 e. The second-order valence-corrected chi connectivity index (χ2v) is 4.29. The van der Waals surface area contributed by atoms with E-state index in [1.807, 2.05) is 38.1 Å². The van der Waals surface area contributed by atoms with Crippen LogP contribution < -0.4 is 4.74 Å². The summed E-state index contributed by atoms with van der Waals surface area (Å²) in [6, 6.07) is 7.90. The number of benzene rings is 1. The molecule has 0 aliphatic carbocycles. The first-order valence-electron chi connectivity index (χ1n) is 6.57. The number of carbonyl (C=O) groups excluding carboxylic acids is 1. The molecule has 0 aliphatic heterocycles. The Hall–Kier alpha value is -1.51. The molecule has 100 valence electrons. The van der Waals surface area contributed by atoms with Gasteiger partial charge < -0.3 is 9.47 Å². The molecule has 1 aromatic carbocycles. The van der Waals surface area contributed by atoms with E-state index in [1.54, 1.807) is 0 Å². The topological polar surface area (TPSA) is 35.5 Å². The first-order chi connectivity index (χ1) is 8.65. The van der Waals surface area contributed by atoms with Crippen LogP contribution in [0.15, 0.2) is 24.3 Å². The maximum absolute atomic E-state index is 11.3. The van der Waals surface area contributed by atoms with Crippen molar-refractivity contribution in [1.29, 1.82) is 0 Å². The number of hydrogen-bond donors (Lipinski definition) is 0. The SMILES string of the molecule is CCOC(=O)CCc1cccc(OC(C)CC)c1. The van der Waals surface area contributed by atoms with E-state index in [1.165, 1.54) is 0 Å². The van der Waals surface area contributed by atoms with Crippen molar-refractivity contribution in [1.82, 2.24) is 0 Å². The van der Waals surface area contributed by atoms with Crippen LogP contribution in [0.3, 0.4) is 0 Å². The molecule has 1 unspecified atom stereocenters. The summed E-state index contributed by atoms with van der Waals surface area (Å²) in [5.74, 6) is 0.719. The van der Waals surface area contributed by atoms with E-state index in [-0.39, 0.29) is 12.1 Å². The highest BCUT2D eigenvalue weighted by Crippen LogP contribution is 2.17. The van der Waals surface area contributed by atoms with Gasteiger partial charge in [0, 0.05) is 6.42 Å². The van der Waals surface area contributed by atoms with E-state index in [9.17, 15) is 4.79 Å². The van der Waals surface area contributed by atoms with Crippen molar-refractivity contribution in [2.24, 2.45) is 0 Å². The van der Waals surface area contributed by atoms with Crippen molar-refractivity contribution >= 4 is 5.97 Å².